The van der Waals surface area contributed by atoms with E-state index in [2.05, 4.69) is 5.32 Å². The molecule has 27 heavy (non-hydrogen) atoms. The van der Waals surface area contributed by atoms with Crippen LogP contribution in [-0.2, 0) is 21.1 Å². The van der Waals surface area contributed by atoms with E-state index in [4.69, 9.17) is 0 Å². The van der Waals surface area contributed by atoms with Crippen molar-refractivity contribution in [3.05, 3.63) is 65.5 Å². The molecule has 0 bridgehead atoms. The van der Waals surface area contributed by atoms with Gasteiger partial charge in [0.2, 0.25) is 5.91 Å². The summed E-state index contributed by atoms with van der Waals surface area (Å²) in [6.07, 6.45) is 1.81. The highest BCUT2D eigenvalue weighted by Crippen LogP contribution is 2.20. The summed E-state index contributed by atoms with van der Waals surface area (Å²) in [7, 11) is -1.38. The van der Waals surface area contributed by atoms with E-state index in [1.165, 1.54) is 18.4 Å². The van der Waals surface area contributed by atoms with E-state index in [0.717, 1.165) is 11.1 Å². The van der Waals surface area contributed by atoms with Gasteiger partial charge in [0.15, 0.2) is 9.84 Å². The van der Waals surface area contributed by atoms with Crippen molar-refractivity contribution in [2.45, 2.75) is 24.3 Å². The average Bonchev–Trinajstić information content (AvgIpc) is 2.62. The third-order valence-electron chi connectivity index (χ3n) is 4.49. The molecule has 0 radical (unpaired) electrons. The van der Waals surface area contributed by atoms with E-state index < -0.39 is 9.84 Å². The highest BCUT2D eigenvalue weighted by atomic mass is 32.2. The Hall–Kier alpha value is -2.25. The summed E-state index contributed by atoms with van der Waals surface area (Å²) in [5.74, 6) is -0.373. The first-order valence-corrected chi connectivity index (χ1v) is 10.6. The third kappa shape index (κ3) is 6.45. The lowest BCUT2D eigenvalue weighted by molar-refractivity contribution is -0.122. The predicted molar refractivity (Wildman–Crippen MR) is 104 cm³/mol. The molecule has 7 heteroatoms. The molecule has 0 spiro atoms. The normalized spacial score (nSPS) is 12.8. The van der Waals surface area contributed by atoms with Crippen LogP contribution in [0.1, 0.15) is 24.1 Å². The van der Waals surface area contributed by atoms with E-state index in [1.807, 2.05) is 18.9 Å². The number of amides is 1. The first kappa shape index (κ1) is 21.1. The molecular weight excluding hydrogens is 367 g/mol. The molecule has 2 aromatic carbocycles. The quantitative estimate of drug-likeness (QED) is 0.750. The molecule has 1 N–H and O–H groups in total. The molecule has 146 valence electrons. The Morgan fingerprint density at radius 1 is 1.11 bits per heavy atom. The second kappa shape index (κ2) is 9.10. The maximum Gasteiger partial charge on any atom is 0.234 e. The van der Waals surface area contributed by atoms with Gasteiger partial charge in [-0.3, -0.25) is 9.69 Å². The fourth-order valence-electron chi connectivity index (χ4n) is 2.66. The van der Waals surface area contributed by atoms with Crippen LogP contribution >= 0.6 is 0 Å². The SMILES string of the molecule is CC(c1ccc(S(C)(=O)=O)cc1)N(C)CC(=O)NCCc1ccc(F)cc1. The van der Waals surface area contributed by atoms with Crippen LogP contribution in [0.5, 0.6) is 0 Å². The Labute approximate surface area is 160 Å². The van der Waals surface area contributed by atoms with Crippen LogP contribution in [0.25, 0.3) is 0 Å². The number of nitrogens with zero attached hydrogens (tertiary/aromatic N) is 1. The Kier molecular flexibility index (Phi) is 7.10. The molecule has 1 amide bonds. The fraction of sp³-hybridized carbons (Fsp3) is 0.350. The zero-order valence-corrected chi connectivity index (χ0v) is 16.6. The average molecular weight is 392 g/mol. The number of carbonyl (C=O) groups is 1. The lowest BCUT2D eigenvalue weighted by Crippen LogP contribution is -2.37. The van der Waals surface area contributed by atoms with Gasteiger partial charge >= 0.3 is 0 Å². The topological polar surface area (TPSA) is 66.5 Å². The summed E-state index contributed by atoms with van der Waals surface area (Å²) in [4.78, 5) is 14.3. The van der Waals surface area contributed by atoms with Crippen LogP contribution < -0.4 is 5.32 Å². The van der Waals surface area contributed by atoms with Crippen molar-refractivity contribution >= 4 is 15.7 Å². The number of hydrogen-bond acceptors (Lipinski definition) is 4. The van der Waals surface area contributed by atoms with Crippen LogP contribution in [-0.4, -0.2) is 45.6 Å². The molecule has 2 aromatic rings. The summed E-state index contributed by atoms with van der Waals surface area (Å²) >= 11 is 0. The molecule has 0 aliphatic heterocycles. The molecule has 2 rings (SSSR count). The number of rotatable bonds is 8. The summed E-state index contributed by atoms with van der Waals surface area (Å²) in [6, 6.07) is 12.9. The molecule has 0 aliphatic carbocycles. The van der Waals surface area contributed by atoms with Crippen molar-refractivity contribution in [2.75, 3.05) is 26.4 Å². The van der Waals surface area contributed by atoms with Gasteiger partial charge < -0.3 is 5.32 Å². The summed E-state index contributed by atoms with van der Waals surface area (Å²) < 4.78 is 35.9. The summed E-state index contributed by atoms with van der Waals surface area (Å²) in [6.45, 7) is 2.66. The van der Waals surface area contributed by atoms with E-state index in [0.29, 0.717) is 13.0 Å². The zero-order chi connectivity index (χ0) is 20.0. The minimum Gasteiger partial charge on any atom is -0.355 e. The molecular formula is C20H25FN2O3S. The van der Waals surface area contributed by atoms with Crippen LogP contribution in [0.3, 0.4) is 0 Å². The Morgan fingerprint density at radius 3 is 2.26 bits per heavy atom. The van der Waals surface area contributed by atoms with E-state index >= 15 is 0 Å². The van der Waals surface area contributed by atoms with Gasteiger partial charge in [0.1, 0.15) is 5.82 Å². The lowest BCUT2D eigenvalue weighted by atomic mass is 10.1. The number of benzene rings is 2. The van der Waals surface area contributed by atoms with Gasteiger partial charge in [0, 0.05) is 18.8 Å². The van der Waals surface area contributed by atoms with Crippen LogP contribution in [0, 0.1) is 5.82 Å². The third-order valence-corrected chi connectivity index (χ3v) is 5.62. The molecule has 1 unspecified atom stereocenters. The maximum absolute atomic E-state index is 12.9. The highest BCUT2D eigenvalue weighted by molar-refractivity contribution is 7.90. The first-order chi connectivity index (χ1) is 12.7. The minimum absolute atomic E-state index is 0.0403. The minimum atomic E-state index is -3.22. The Bertz CT molecular complexity index is 865. The number of sulfone groups is 1. The van der Waals surface area contributed by atoms with Crippen LogP contribution in [0.4, 0.5) is 4.39 Å². The molecule has 0 heterocycles. The summed E-state index contributed by atoms with van der Waals surface area (Å²) in [5.41, 5.74) is 1.90. The molecule has 5 nitrogen and oxygen atoms in total. The van der Waals surface area contributed by atoms with Gasteiger partial charge in [0.25, 0.3) is 0 Å². The predicted octanol–water partition coefficient (Wildman–Crippen LogP) is 2.58. The van der Waals surface area contributed by atoms with Gasteiger partial charge in [-0.2, -0.15) is 0 Å². The number of hydrogen-bond donors (Lipinski definition) is 1. The Morgan fingerprint density at radius 2 is 1.70 bits per heavy atom. The summed E-state index contributed by atoms with van der Waals surface area (Å²) in [5, 5.41) is 2.86. The second-order valence-electron chi connectivity index (χ2n) is 6.66. The number of likely N-dealkylation sites (N-methyl/N-ethyl adjacent to an activating group) is 1. The van der Waals surface area contributed by atoms with Gasteiger partial charge in [0.05, 0.1) is 11.4 Å². The van der Waals surface area contributed by atoms with Crippen LogP contribution in [0.15, 0.2) is 53.4 Å². The molecule has 0 saturated heterocycles. The first-order valence-electron chi connectivity index (χ1n) is 8.68. The second-order valence-corrected chi connectivity index (χ2v) is 8.67. The van der Waals surface area contributed by atoms with Crippen molar-refractivity contribution in [2.24, 2.45) is 0 Å². The van der Waals surface area contributed by atoms with E-state index in [-0.39, 0.29) is 29.2 Å². The smallest absolute Gasteiger partial charge is 0.234 e. The monoisotopic (exact) mass is 392 g/mol. The van der Waals surface area contributed by atoms with Gasteiger partial charge in [-0.05, 0) is 55.8 Å². The van der Waals surface area contributed by atoms with Gasteiger partial charge in [-0.25, -0.2) is 12.8 Å². The Balaban J connectivity index is 1.83. The maximum atomic E-state index is 12.9. The molecule has 0 aliphatic rings. The van der Waals surface area contributed by atoms with E-state index in [1.54, 1.807) is 36.4 Å². The largest absolute Gasteiger partial charge is 0.355 e. The number of halogens is 1. The van der Waals surface area contributed by atoms with Crippen LogP contribution in [0.2, 0.25) is 0 Å². The molecule has 0 saturated carbocycles. The molecule has 0 aromatic heterocycles. The van der Waals surface area contributed by atoms with Crippen molar-refractivity contribution in [3.8, 4) is 0 Å². The standard InChI is InChI=1S/C20H25FN2O3S/c1-15(17-6-10-19(11-7-17)27(3,25)26)23(2)14-20(24)22-13-12-16-4-8-18(21)9-5-16/h4-11,15H,12-14H2,1-3H3,(H,22,24). The number of nitrogens with one attached hydrogen (secondary N) is 1. The molecule has 0 fully saturated rings. The van der Waals surface area contributed by atoms with Gasteiger partial charge in [-0.1, -0.05) is 24.3 Å². The fourth-order valence-corrected chi connectivity index (χ4v) is 3.30. The molecule has 1 atom stereocenters. The van der Waals surface area contributed by atoms with Crippen molar-refractivity contribution in [1.82, 2.24) is 10.2 Å². The van der Waals surface area contributed by atoms with Crippen molar-refractivity contribution in [3.63, 3.8) is 0 Å². The van der Waals surface area contributed by atoms with Crippen molar-refractivity contribution in [1.29, 1.82) is 0 Å². The zero-order valence-electron chi connectivity index (χ0n) is 15.8. The lowest BCUT2D eigenvalue weighted by Gasteiger charge is -2.24. The van der Waals surface area contributed by atoms with E-state index in [9.17, 15) is 17.6 Å². The number of carbonyl (C=O) groups excluding carboxylic acids is 1. The van der Waals surface area contributed by atoms with Gasteiger partial charge in [-0.15, -0.1) is 0 Å². The highest BCUT2D eigenvalue weighted by Gasteiger charge is 2.16. The van der Waals surface area contributed by atoms with Crippen molar-refractivity contribution < 1.29 is 17.6 Å².